The van der Waals surface area contributed by atoms with Crippen LogP contribution in [0.1, 0.15) is 30.9 Å². The van der Waals surface area contributed by atoms with E-state index in [1.165, 1.54) is 23.3 Å². The number of unbranched alkanes of at least 4 members (excludes halogenated alkanes) is 1. The predicted octanol–water partition coefficient (Wildman–Crippen LogP) is 3.67. The minimum absolute atomic E-state index is 0. The number of thioether (sulfide) groups is 1. The lowest BCUT2D eigenvalue weighted by Crippen LogP contribution is -2.37. The summed E-state index contributed by atoms with van der Waals surface area (Å²) in [6.45, 7) is 6.32. The summed E-state index contributed by atoms with van der Waals surface area (Å²) in [6, 6.07) is 8.43. The van der Waals surface area contributed by atoms with E-state index in [0.29, 0.717) is 19.8 Å². The van der Waals surface area contributed by atoms with Gasteiger partial charge in [0, 0.05) is 26.7 Å². The molecular weight excluding hydrogens is 461 g/mol. The van der Waals surface area contributed by atoms with Crippen molar-refractivity contribution in [1.29, 1.82) is 0 Å². The van der Waals surface area contributed by atoms with Crippen LogP contribution in [0.25, 0.3) is 0 Å². The van der Waals surface area contributed by atoms with Gasteiger partial charge in [0.05, 0.1) is 19.8 Å². The molecule has 0 saturated heterocycles. The molecule has 0 aliphatic rings. The predicted molar refractivity (Wildman–Crippen MR) is 124 cm³/mol. The van der Waals surface area contributed by atoms with Crippen molar-refractivity contribution < 1.29 is 9.47 Å². The van der Waals surface area contributed by atoms with Gasteiger partial charge in [-0.25, -0.2) is 0 Å². The van der Waals surface area contributed by atoms with E-state index in [1.807, 2.05) is 18.7 Å². The fourth-order valence-electron chi connectivity index (χ4n) is 2.27. The minimum atomic E-state index is 0. The summed E-state index contributed by atoms with van der Waals surface area (Å²) in [5, 5.41) is 6.72. The van der Waals surface area contributed by atoms with Crippen LogP contribution in [0.4, 0.5) is 0 Å². The first-order valence-corrected chi connectivity index (χ1v) is 10.4. The summed E-state index contributed by atoms with van der Waals surface area (Å²) in [6.07, 6.45) is 4.54. The molecule has 1 rings (SSSR count). The number of hydrogen-bond acceptors (Lipinski definition) is 4. The number of halogens is 1. The molecule has 0 saturated carbocycles. The summed E-state index contributed by atoms with van der Waals surface area (Å²) in [5.74, 6) is 2.06. The molecule has 2 N–H and O–H groups in total. The van der Waals surface area contributed by atoms with E-state index in [1.54, 1.807) is 7.05 Å². The first-order valence-electron chi connectivity index (χ1n) is 8.97. The molecule has 1 aromatic carbocycles. The van der Waals surface area contributed by atoms with Crippen LogP contribution in [0, 0.1) is 0 Å². The average molecular weight is 495 g/mol. The summed E-state index contributed by atoms with van der Waals surface area (Å²) in [7, 11) is 1.81. The molecule has 0 fully saturated rings. The maximum atomic E-state index is 5.63. The van der Waals surface area contributed by atoms with Crippen LogP contribution < -0.4 is 10.6 Å². The van der Waals surface area contributed by atoms with E-state index in [9.17, 15) is 0 Å². The van der Waals surface area contributed by atoms with Gasteiger partial charge in [-0.2, -0.15) is 11.8 Å². The van der Waals surface area contributed by atoms with Crippen molar-refractivity contribution in [2.45, 2.75) is 32.9 Å². The van der Waals surface area contributed by atoms with Crippen molar-refractivity contribution in [3.63, 3.8) is 0 Å². The second kappa shape index (κ2) is 17.9. The Labute approximate surface area is 180 Å². The SMILES string of the molecule is CCOCCOCc1cccc(CNC(=NC)NCCCCSC)c1.I. The standard InChI is InChI=1S/C19H33N3O2S.HI/c1-4-23-11-12-24-16-18-9-7-8-17(14-18)15-22-19(20-2)21-10-5-6-13-25-3;/h7-9,14H,4-6,10-13,15-16H2,1-3H3,(H2,20,21,22);1H. The van der Waals surface area contributed by atoms with Crippen LogP contribution in [0.3, 0.4) is 0 Å². The third kappa shape index (κ3) is 12.8. The highest BCUT2D eigenvalue weighted by atomic mass is 127. The van der Waals surface area contributed by atoms with Crippen molar-refractivity contribution in [2.24, 2.45) is 4.99 Å². The number of nitrogens with zero attached hydrogens (tertiary/aromatic N) is 1. The smallest absolute Gasteiger partial charge is 0.191 e. The van der Waals surface area contributed by atoms with Gasteiger partial charge in [0.2, 0.25) is 0 Å². The highest BCUT2D eigenvalue weighted by Crippen LogP contribution is 2.06. The van der Waals surface area contributed by atoms with Gasteiger partial charge >= 0.3 is 0 Å². The van der Waals surface area contributed by atoms with Crippen LogP contribution in [0.2, 0.25) is 0 Å². The Kier molecular flexibility index (Phi) is 17.5. The van der Waals surface area contributed by atoms with Gasteiger partial charge in [-0.1, -0.05) is 24.3 Å². The van der Waals surface area contributed by atoms with E-state index >= 15 is 0 Å². The number of benzene rings is 1. The molecule has 0 atom stereocenters. The molecule has 1 aromatic rings. The zero-order valence-electron chi connectivity index (χ0n) is 16.3. The molecule has 0 spiro atoms. The number of guanidine groups is 1. The van der Waals surface area contributed by atoms with Gasteiger partial charge < -0.3 is 20.1 Å². The third-order valence-electron chi connectivity index (χ3n) is 3.59. The van der Waals surface area contributed by atoms with Gasteiger partial charge in [0.15, 0.2) is 5.96 Å². The zero-order chi connectivity index (χ0) is 18.2. The Morgan fingerprint density at radius 3 is 2.62 bits per heavy atom. The van der Waals surface area contributed by atoms with Gasteiger partial charge in [-0.3, -0.25) is 4.99 Å². The Balaban J connectivity index is 0.00000625. The summed E-state index contributed by atoms with van der Waals surface area (Å²) < 4.78 is 10.9. The highest BCUT2D eigenvalue weighted by Gasteiger charge is 2.00. The molecule has 26 heavy (non-hydrogen) atoms. The third-order valence-corrected chi connectivity index (χ3v) is 4.28. The number of hydrogen-bond donors (Lipinski definition) is 2. The molecule has 0 aromatic heterocycles. The topological polar surface area (TPSA) is 54.9 Å². The Morgan fingerprint density at radius 2 is 1.88 bits per heavy atom. The number of rotatable bonds is 13. The fourth-order valence-corrected chi connectivity index (χ4v) is 2.76. The lowest BCUT2D eigenvalue weighted by Gasteiger charge is -2.12. The van der Waals surface area contributed by atoms with Gasteiger partial charge in [-0.05, 0) is 42.9 Å². The summed E-state index contributed by atoms with van der Waals surface area (Å²) in [4.78, 5) is 4.27. The lowest BCUT2D eigenvalue weighted by atomic mass is 10.1. The largest absolute Gasteiger partial charge is 0.379 e. The van der Waals surface area contributed by atoms with Crippen LogP contribution in [0.5, 0.6) is 0 Å². The molecule has 0 amide bonds. The fraction of sp³-hybridized carbons (Fsp3) is 0.632. The number of nitrogens with one attached hydrogen (secondary N) is 2. The second-order valence-electron chi connectivity index (χ2n) is 5.62. The Hall–Kier alpha value is -0.510. The van der Waals surface area contributed by atoms with E-state index in [2.05, 4.69) is 46.1 Å². The lowest BCUT2D eigenvalue weighted by molar-refractivity contribution is 0.0453. The molecule has 0 heterocycles. The van der Waals surface area contributed by atoms with E-state index in [-0.39, 0.29) is 24.0 Å². The maximum absolute atomic E-state index is 5.63. The molecule has 0 aliphatic carbocycles. The van der Waals surface area contributed by atoms with Gasteiger partial charge in [0.25, 0.3) is 0 Å². The number of ether oxygens (including phenoxy) is 2. The van der Waals surface area contributed by atoms with Gasteiger partial charge in [-0.15, -0.1) is 24.0 Å². The first kappa shape index (κ1) is 25.5. The first-order chi connectivity index (χ1) is 12.3. The summed E-state index contributed by atoms with van der Waals surface area (Å²) >= 11 is 1.89. The summed E-state index contributed by atoms with van der Waals surface area (Å²) in [5.41, 5.74) is 2.40. The van der Waals surface area contributed by atoms with Crippen LogP contribution in [-0.2, 0) is 22.6 Å². The zero-order valence-corrected chi connectivity index (χ0v) is 19.4. The second-order valence-corrected chi connectivity index (χ2v) is 6.61. The Morgan fingerprint density at radius 1 is 1.12 bits per heavy atom. The van der Waals surface area contributed by atoms with E-state index in [4.69, 9.17) is 9.47 Å². The van der Waals surface area contributed by atoms with Gasteiger partial charge in [0.1, 0.15) is 0 Å². The molecule has 150 valence electrons. The quantitative estimate of drug-likeness (QED) is 0.189. The van der Waals surface area contributed by atoms with Crippen LogP contribution in [-0.4, -0.2) is 51.4 Å². The van der Waals surface area contributed by atoms with E-state index in [0.717, 1.165) is 32.1 Å². The van der Waals surface area contributed by atoms with Crippen molar-refractivity contribution in [3.05, 3.63) is 35.4 Å². The molecule has 0 radical (unpaired) electrons. The van der Waals surface area contributed by atoms with Crippen molar-refractivity contribution in [2.75, 3.05) is 45.4 Å². The van der Waals surface area contributed by atoms with Crippen LogP contribution in [0.15, 0.2) is 29.3 Å². The normalized spacial score (nSPS) is 11.1. The maximum Gasteiger partial charge on any atom is 0.191 e. The molecule has 7 heteroatoms. The average Bonchev–Trinajstić information content (AvgIpc) is 2.64. The molecule has 0 bridgehead atoms. The van der Waals surface area contributed by atoms with Crippen molar-refractivity contribution >= 4 is 41.7 Å². The minimum Gasteiger partial charge on any atom is -0.379 e. The Bertz CT molecular complexity index is 490. The highest BCUT2D eigenvalue weighted by molar-refractivity contribution is 14.0. The van der Waals surface area contributed by atoms with Crippen molar-refractivity contribution in [1.82, 2.24) is 10.6 Å². The van der Waals surface area contributed by atoms with Crippen LogP contribution >= 0.6 is 35.7 Å². The molecule has 0 aliphatic heterocycles. The molecule has 0 unspecified atom stereocenters. The molecular formula is C19H34IN3O2S. The van der Waals surface area contributed by atoms with E-state index < -0.39 is 0 Å². The monoisotopic (exact) mass is 495 g/mol. The van der Waals surface area contributed by atoms with Crippen molar-refractivity contribution in [3.8, 4) is 0 Å². The number of aliphatic imine (C=N–C) groups is 1. The molecule has 5 nitrogen and oxygen atoms in total.